The second-order valence-electron chi connectivity index (χ2n) is 6.48. The largest absolute Gasteiger partial charge is 0.489 e. The van der Waals surface area contributed by atoms with Gasteiger partial charge >= 0.3 is 0 Å². The van der Waals surface area contributed by atoms with Crippen molar-refractivity contribution in [2.24, 2.45) is 0 Å². The summed E-state index contributed by atoms with van der Waals surface area (Å²) in [5.74, 6) is 0.375. The molecule has 27 heavy (non-hydrogen) atoms. The molecule has 4 rings (SSSR count). The molecular formula is C23H19NO3. The number of nitrogens with zero attached hydrogens (tertiary/aromatic N) is 1. The van der Waals surface area contributed by atoms with Crippen LogP contribution < -0.4 is 4.74 Å². The van der Waals surface area contributed by atoms with E-state index in [0.717, 1.165) is 16.9 Å². The van der Waals surface area contributed by atoms with Gasteiger partial charge in [-0.15, -0.1) is 0 Å². The molecule has 134 valence electrons. The lowest BCUT2D eigenvalue weighted by Gasteiger charge is -2.14. The van der Waals surface area contributed by atoms with Crippen LogP contribution in [0.25, 0.3) is 0 Å². The van der Waals surface area contributed by atoms with Crippen molar-refractivity contribution in [3.8, 4) is 5.75 Å². The van der Waals surface area contributed by atoms with Crippen molar-refractivity contribution in [3.63, 3.8) is 0 Å². The second-order valence-corrected chi connectivity index (χ2v) is 6.48. The van der Waals surface area contributed by atoms with Crippen LogP contribution in [-0.4, -0.2) is 23.3 Å². The van der Waals surface area contributed by atoms with E-state index in [2.05, 4.69) is 0 Å². The van der Waals surface area contributed by atoms with Gasteiger partial charge in [-0.1, -0.05) is 54.6 Å². The van der Waals surface area contributed by atoms with Gasteiger partial charge < -0.3 is 4.74 Å². The molecule has 0 unspecified atom stereocenters. The van der Waals surface area contributed by atoms with Crippen molar-refractivity contribution >= 4 is 11.8 Å². The molecule has 4 heteroatoms. The highest BCUT2D eigenvalue weighted by Crippen LogP contribution is 2.23. The van der Waals surface area contributed by atoms with E-state index in [0.29, 0.717) is 30.7 Å². The van der Waals surface area contributed by atoms with Crippen LogP contribution in [0.15, 0.2) is 78.9 Å². The van der Waals surface area contributed by atoms with Gasteiger partial charge in [0.15, 0.2) is 0 Å². The molecule has 0 fully saturated rings. The summed E-state index contributed by atoms with van der Waals surface area (Å²) >= 11 is 0. The molecule has 0 aromatic heterocycles. The molecule has 0 N–H and O–H groups in total. The Bertz CT molecular complexity index is 929. The Morgan fingerprint density at radius 2 is 1.26 bits per heavy atom. The topological polar surface area (TPSA) is 46.6 Å². The molecule has 2 amide bonds. The molecule has 3 aromatic carbocycles. The Morgan fingerprint density at radius 3 is 1.89 bits per heavy atom. The lowest BCUT2D eigenvalue weighted by atomic mass is 10.1. The minimum absolute atomic E-state index is 0.210. The maximum Gasteiger partial charge on any atom is 0.261 e. The second kappa shape index (κ2) is 7.46. The molecule has 4 nitrogen and oxygen atoms in total. The number of carbonyl (C=O) groups is 2. The lowest BCUT2D eigenvalue weighted by Crippen LogP contribution is -2.31. The van der Waals surface area contributed by atoms with Crippen molar-refractivity contribution in [1.29, 1.82) is 0 Å². The van der Waals surface area contributed by atoms with Gasteiger partial charge in [-0.3, -0.25) is 14.5 Å². The standard InChI is InChI=1S/C23H19NO3/c25-22-20-8-4-5-9-21(20)23(26)24(22)15-14-17-10-12-19(13-11-17)27-16-18-6-2-1-3-7-18/h1-13H,14-16H2. The predicted octanol–water partition coefficient (Wildman–Crippen LogP) is 4.10. The van der Waals surface area contributed by atoms with Crippen LogP contribution in [0.4, 0.5) is 0 Å². The van der Waals surface area contributed by atoms with Crippen LogP contribution in [0.3, 0.4) is 0 Å². The van der Waals surface area contributed by atoms with Crippen molar-refractivity contribution in [3.05, 3.63) is 101 Å². The van der Waals surface area contributed by atoms with Crippen LogP contribution in [-0.2, 0) is 13.0 Å². The van der Waals surface area contributed by atoms with E-state index < -0.39 is 0 Å². The van der Waals surface area contributed by atoms with E-state index >= 15 is 0 Å². The predicted molar refractivity (Wildman–Crippen MR) is 103 cm³/mol. The van der Waals surface area contributed by atoms with Crippen molar-refractivity contribution in [1.82, 2.24) is 4.90 Å². The third-order valence-electron chi connectivity index (χ3n) is 4.67. The van der Waals surface area contributed by atoms with E-state index in [9.17, 15) is 9.59 Å². The first kappa shape index (κ1) is 17.0. The van der Waals surface area contributed by atoms with Gasteiger partial charge in [0.1, 0.15) is 12.4 Å². The van der Waals surface area contributed by atoms with E-state index in [1.54, 1.807) is 24.3 Å². The number of carbonyl (C=O) groups excluding carboxylic acids is 2. The van der Waals surface area contributed by atoms with Crippen LogP contribution in [0.1, 0.15) is 31.8 Å². The number of rotatable bonds is 6. The average Bonchev–Trinajstić information content (AvgIpc) is 2.97. The fourth-order valence-corrected chi connectivity index (χ4v) is 3.18. The Morgan fingerprint density at radius 1 is 0.667 bits per heavy atom. The molecule has 0 saturated heterocycles. The van der Waals surface area contributed by atoms with Gasteiger partial charge in [-0.25, -0.2) is 0 Å². The van der Waals surface area contributed by atoms with Gasteiger partial charge in [0.05, 0.1) is 11.1 Å². The molecule has 0 bridgehead atoms. The summed E-state index contributed by atoms with van der Waals surface area (Å²) in [6.45, 7) is 0.895. The number of benzene rings is 3. The minimum atomic E-state index is -0.210. The maximum atomic E-state index is 12.4. The van der Waals surface area contributed by atoms with E-state index in [4.69, 9.17) is 4.74 Å². The van der Waals surface area contributed by atoms with Crippen LogP contribution in [0, 0.1) is 0 Å². The molecule has 0 saturated carbocycles. The highest BCUT2D eigenvalue weighted by molar-refractivity contribution is 6.21. The Labute approximate surface area is 158 Å². The molecular weight excluding hydrogens is 338 g/mol. The molecule has 1 heterocycles. The van der Waals surface area contributed by atoms with Crippen molar-refractivity contribution in [2.45, 2.75) is 13.0 Å². The molecule has 0 atom stereocenters. The first-order valence-corrected chi connectivity index (χ1v) is 8.93. The smallest absolute Gasteiger partial charge is 0.261 e. The first-order chi connectivity index (χ1) is 13.2. The number of hydrogen-bond acceptors (Lipinski definition) is 3. The number of hydrogen-bond donors (Lipinski definition) is 0. The Hall–Kier alpha value is -3.40. The van der Waals surface area contributed by atoms with Gasteiger partial charge in [-0.05, 0) is 41.8 Å². The Balaban J connectivity index is 1.34. The number of fused-ring (bicyclic) bond motifs is 1. The molecule has 0 spiro atoms. The summed E-state index contributed by atoms with van der Waals surface area (Å²) in [6, 6.07) is 24.7. The fraction of sp³-hybridized carbons (Fsp3) is 0.130. The summed E-state index contributed by atoms with van der Waals surface area (Å²) < 4.78 is 5.78. The first-order valence-electron chi connectivity index (χ1n) is 8.93. The van der Waals surface area contributed by atoms with Crippen LogP contribution in [0.5, 0.6) is 5.75 Å². The summed E-state index contributed by atoms with van der Waals surface area (Å²) in [4.78, 5) is 26.1. The summed E-state index contributed by atoms with van der Waals surface area (Å²) in [7, 11) is 0. The van der Waals surface area contributed by atoms with Gasteiger partial charge in [0, 0.05) is 6.54 Å². The monoisotopic (exact) mass is 357 g/mol. The number of ether oxygens (including phenoxy) is 1. The summed E-state index contributed by atoms with van der Waals surface area (Å²) in [6.07, 6.45) is 0.616. The van der Waals surface area contributed by atoms with Gasteiger partial charge in [0.25, 0.3) is 11.8 Å². The van der Waals surface area contributed by atoms with Gasteiger partial charge in [-0.2, -0.15) is 0 Å². The third kappa shape index (κ3) is 3.60. The highest BCUT2D eigenvalue weighted by Gasteiger charge is 2.34. The molecule has 1 aliphatic heterocycles. The van der Waals surface area contributed by atoms with E-state index in [1.807, 2.05) is 54.6 Å². The average molecular weight is 357 g/mol. The van der Waals surface area contributed by atoms with Crippen molar-refractivity contribution < 1.29 is 14.3 Å². The normalized spacial score (nSPS) is 13.0. The quantitative estimate of drug-likeness (QED) is 0.624. The number of amides is 2. The van der Waals surface area contributed by atoms with Crippen LogP contribution >= 0.6 is 0 Å². The molecule has 1 aliphatic rings. The lowest BCUT2D eigenvalue weighted by molar-refractivity contribution is 0.0656. The van der Waals surface area contributed by atoms with E-state index in [1.165, 1.54) is 4.90 Å². The molecule has 0 radical (unpaired) electrons. The highest BCUT2D eigenvalue weighted by atomic mass is 16.5. The minimum Gasteiger partial charge on any atom is -0.489 e. The zero-order valence-corrected chi connectivity index (χ0v) is 14.8. The zero-order valence-electron chi connectivity index (χ0n) is 14.8. The SMILES string of the molecule is O=C1c2ccccc2C(=O)N1CCc1ccc(OCc2ccccc2)cc1. The number of imide groups is 1. The van der Waals surface area contributed by atoms with Crippen LogP contribution in [0.2, 0.25) is 0 Å². The summed E-state index contributed by atoms with van der Waals surface area (Å²) in [5, 5.41) is 0. The van der Waals surface area contributed by atoms with Crippen molar-refractivity contribution in [2.75, 3.05) is 6.54 Å². The van der Waals surface area contributed by atoms with Gasteiger partial charge in [0.2, 0.25) is 0 Å². The fourth-order valence-electron chi connectivity index (χ4n) is 3.18. The summed E-state index contributed by atoms with van der Waals surface area (Å²) in [5.41, 5.74) is 3.16. The van der Waals surface area contributed by atoms with E-state index in [-0.39, 0.29) is 11.8 Å². The Kier molecular flexibility index (Phi) is 4.71. The maximum absolute atomic E-state index is 12.4. The molecule has 3 aromatic rings. The zero-order chi connectivity index (χ0) is 18.6. The molecule has 0 aliphatic carbocycles. The third-order valence-corrected chi connectivity index (χ3v) is 4.67.